The SMILES string of the molecule is CCOc1cccc(CN2CCN(C(=O)NCc3ccccc3)CC2)c1. The Balaban J connectivity index is 1.43. The Labute approximate surface area is 155 Å². The van der Waals surface area contributed by atoms with E-state index in [9.17, 15) is 4.79 Å². The van der Waals surface area contributed by atoms with Gasteiger partial charge < -0.3 is 15.0 Å². The summed E-state index contributed by atoms with van der Waals surface area (Å²) in [7, 11) is 0. The molecule has 2 amide bonds. The summed E-state index contributed by atoms with van der Waals surface area (Å²) < 4.78 is 5.57. The molecular formula is C21H27N3O2. The van der Waals surface area contributed by atoms with Gasteiger partial charge in [-0.15, -0.1) is 0 Å². The van der Waals surface area contributed by atoms with Crippen molar-refractivity contribution in [1.29, 1.82) is 0 Å². The van der Waals surface area contributed by atoms with Gasteiger partial charge in [-0.3, -0.25) is 4.90 Å². The molecule has 1 heterocycles. The van der Waals surface area contributed by atoms with Crippen LogP contribution in [0.3, 0.4) is 0 Å². The molecule has 0 saturated carbocycles. The van der Waals surface area contributed by atoms with Crippen molar-refractivity contribution in [2.24, 2.45) is 0 Å². The van der Waals surface area contributed by atoms with Crippen molar-refractivity contribution in [1.82, 2.24) is 15.1 Å². The molecule has 0 unspecified atom stereocenters. The highest BCUT2D eigenvalue weighted by atomic mass is 16.5. The minimum atomic E-state index is 0.0202. The highest BCUT2D eigenvalue weighted by Gasteiger charge is 2.20. The zero-order valence-electron chi connectivity index (χ0n) is 15.4. The molecule has 0 bridgehead atoms. The monoisotopic (exact) mass is 353 g/mol. The number of carbonyl (C=O) groups excluding carboxylic acids is 1. The number of benzene rings is 2. The standard InChI is InChI=1S/C21H27N3O2/c1-2-26-20-10-6-9-19(15-20)17-23-11-13-24(14-12-23)21(25)22-16-18-7-4-3-5-8-18/h3-10,15H,2,11-14,16-17H2,1H3,(H,22,25). The Morgan fingerprint density at radius 1 is 1.00 bits per heavy atom. The van der Waals surface area contributed by atoms with Crippen molar-refractivity contribution in [2.75, 3.05) is 32.8 Å². The van der Waals surface area contributed by atoms with Crippen LogP contribution in [0.2, 0.25) is 0 Å². The smallest absolute Gasteiger partial charge is 0.317 e. The van der Waals surface area contributed by atoms with E-state index in [2.05, 4.69) is 22.3 Å². The molecule has 3 rings (SSSR count). The fraction of sp³-hybridized carbons (Fsp3) is 0.381. The lowest BCUT2D eigenvalue weighted by Crippen LogP contribution is -2.51. The molecule has 5 nitrogen and oxygen atoms in total. The molecule has 1 aliphatic heterocycles. The lowest BCUT2D eigenvalue weighted by molar-refractivity contribution is 0.135. The number of ether oxygens (including phenoxy) is 1. The molecule has 5 heteroatoms. The Kier molecular flexibility index (Phi) is 6.50. The third kappa shape index (κ3) is 5.23. The van der Waals surface area contributed by atoms with E-state index in [0.29, 0.717) is 13.2 Å². The Bertz CT molecular complexity index is 697. The molecule has 138 valence electrons. The van der Waals surface area contributed by atoms with Gasteiger partial charge in [0.2, 0.25) is 0 Å². The Hall–Kier alpha value is -2.53. The van der Waals surface area contributed by atoms with Gasteiger partial charge in [0.15, 0.2) is 0 Å². The van der Waals surface area contributed by atoms with E-state index in [4.69, 9.17) is 4.74 Å². The average molecular weight is 353 g/mol. The highest BCUT2D eigenvalue weighted by molar-refractivity contribution is 5.74. The highest BCUT2D eigenvalue weighted by Crippen LogP contribution is 2.16. The van der Waals surface area contributed by atoms with Crippen molar-refractivity contribution in [3.8, 4) is 5.75 Å². The molecule has 2 aromatic carbocycles. The van der Waals surface area contributed by atoms with E-state index in [0.717, 1.165) is 44.0 Å². The first-order valence-corrected chi connectivity index (χ1v) is 9.25. The van der Waals surface area contributed by atoms with Gasteiger partial charge >= 0.3 is 6.03 Å². The summed E-state index contributed by atoms with van der Waals surface area (Å²) in [6.07, 6.45) is 0. The molecule has 0 atom stereocenters. The molecule has 0 spiro atoms. The number of hydrogen-bond acceptors (Lipinski definition) is 3. The summed E-state index contributed by atoms with van der Waals surface area (Å²) in [5.74, 6) is 0.920. The van der Waals surface area contributed by atoms with Crippen LogP contribution in [-0.4, -0.2) is 48.6 Å². The zero-order chi connectivity index (χ0) is 18.2. The Morgan fingerprint density at radius 3 is 2.46 bits per heavy atom. The first kappa shape index (κ1) is 18.3. The second-order valence-electron chi connectivity index (χ2n) is 6.49. The van der Waals surface area contributed by atoms with E-state index < -0.39 is 0 Å². The fourth-order valence-electron chi connectivity index (χ4n) is 3.15. The molecule has 0 aliphatic carbocycles. The summed E-state index contributed by atoms with van der Waals surface area (Å²) in [4.78, 5) is 16.6. The van der Waals surface area contributed by atoms with Crippen molar-refractivity contribution >= 4 is 6.03 Å². The summed E-state index contributed by atoms with van der Waals surface area (Å²) >= 11 is 0. The molecule has 1 saturated heterocycles. The second kappa shape index (κ2) is 9.25. The molecular weight excluding hydrogens is 326 g/mol. The van der Waals surface area contributed by atoms with Gasteiger partial charge in [-0.2, -0.15) is 0 Å². The van der Waals surface area contributed by atoms with Gasteiger partial charge in [-0.1, -0.05) is 42.5 Å². The van der Waals surface area contributed by atoms with Crippen molar-refractivity contribution in [3.05, 3.63) is 65.7 Å². The number of carbonyl (C=O) groups is 1. The maximum absolute atomic E-state index is 12.3. The molecule has 0 aromatic heterocycles. The van der Waals surface area contributed by atoms with Crippen LogP contribution in [0.25, 0.3) is 0 Å². The van der Waals surface area contributed by atoms with Crippen molar-refractivity contribution < 1.29 is 9.53 Å². The number of nitrogens with zero attached hydrogens (tertiary/aromatic N) is 2. The number of rotatable bonds is 6. The third-order valence-electron chi connectivity index (χ3n) is 4.56. The number of nitrogens with one attached hydrogen (secondary N) is 1. The van der Waals surface area contributed by atoms with Gasteiger partial charge in [0, 0.05) is 39.3 Å². The van der Waals surface area contributed by atoms with Crippen LogP contribution >= 0.6 is 0 Å². The van der Waals surface area contributed by atoms with E-state index in [-0.39, 0.29) is 6.03 Å². The molecule has 1 fully saturated rings. The van der Waals surface area contributed by atoms with Crippen LogP contribution < -0.4 is 10.1 Å². The summed E-state index contributed by atoms with van der Waals surface area (Å²) in [6.45, 7) is 7.42. The Morgan fingerprint density at radius 2 is 1.73 bits per heavy atom. The van der Waals surface area contributed by atoms with E-state index in [1.54, 1.807) is 0 Å². The van der Waals surface area contributed by atoms with Crippen molar-refractivity contribution in [2.45, 2.75) is 20.0 Å². The minimum Gasteiger partial charge on any atom is -0.494 e. The largest absolute Gasteiger partial charge is 0.494 e. The first-order valence-electron chi connectivity index (χ1n) is 9.25. The number of urea groups is 1. The summed E-state index contributed by atoms with van der Waals surface area (Å²) in [5.41, 5.74) is 2.37. The predicted molar refractivity (Wildman–Crippen MR) is 103 cm³/mol. The van der Waals surface area contributed by atoms with Crippen LogP contribution in [0.1, 0.15) is 18.1 Å². The lowest BCUT2D eigenvalue weighted by atomic mass is 10.2. The third-order valence-corrected chi connectivity index (χ3v) is 4.56. The first-order chi connectivity index (χ1) is 12.7. The topological polar surface area (TPSA) is 44.8 Å². The van der Waals surface area contributed by atoms with Crippen LogP contribution in [0, 0.1) is 0 Å². The maximum atomic E-state index is 12.3. The van der Waals surface area contributed by atoms with Gasteiger partial charge in [-0.25, -0.2) is 4.79 Å². The number of amides is 2. The van der Waals surface area contributed by atoms with E-state index in [1.165, 1.54) is 5.56 Å². The van der Waals surface area contributed by atoms with Crippen LogP contribution in [0.5, 0.6) is 5.75 Å². The van der Waals surface area contributed by atoms with Gasteiger partial charge in [0.25, 0.3) is 0 Å². The summed E-state index contributed by atoms with van der Waals surface area (Å²) in [5, 5.41) is 3.01. The fourth-order valence-corrected chi connectivity index (χ4v) is 3.15. The van der Waals surface area contributed by atoms with E-state index >= 15 is 0 Å². The quantitative estimate of drug-likeness (QED) is 0.868. The minimum absolute atomic E-state index is 0.0202. The number of piperazine rings is 1. The second-order valence-corrected chi connectivity index (χ2v) is 6.49. The van der Waals surface area contributed by atoms with Gasteiger partial charge in [-0.05, 0) is 30.2 Å². The maximum Gasteiger partial charge on any atom is 0.317 e. The molecule has 1 aliphatic rings. The molecule has 0 radical (unpaired) electrons. The van der Waals surface area contributed by atoms with Crippen LogP contribution in [-0.2, 0) is 13.1 Å². The van der Waals surface area contributed by atoms with Gasteiger partial charge in [0.05, 0.1) is 6.61 Å². The molecule has 1 N–H and O–H groups in total. The van der Waals surface area contributed by atoms with Gasteiger partial charge in [0.1, 0.15) is 5.75 Å². The zero-order valence-corrected chi connectivity index (χ0v) is 15.4. The molecule has 26 heavy (non-hydrogen) atoms. The van der Waals surface area contributed by atoms with E-state index in [1.807, 2.05) is 54.3 Å². The molecule has 2 aromatic rings. The van der Waals surface area contributed by atoms with Crippen molar-refractivity contribution in [3.63, 3.8) is 0 Å². The van der Waals surface area contributed by atoms with Crippen LogP contribution in [0.4, 0.5) is 4.79 Å². The summed E-state index contributed by atoms with van der Waals surface area (Å²) in [6, 6.07) is 18.3. The lowest BCUT2D eigenvalue weighted by Gasteiger charge is -2.34. The normalized spacial score (nSPS) is 14.9. The van der Waals surface area contributed by atoms with Crippen LogP contribution in [0.15, 0.2) is 54.6 Å². The average Bonchev–Trinajstić information content (AvgIpc) is 2.68. The predicted octanol–water partition coefficient (Wildman–Crippen LogP) is 3.11. The number of hydrogen-bond donors (Lipinski definition) is 1.